The maximum Gasteiger partial charge on any atom is 0.251 e. The summed E-state index contributed by atoms with van der Waals surface area (Å²) in [6, 6.07) is 9.88. The van der Waals surface area contributed by atoms with E-state index in [-0.39, 0.29) is 12.1 Å². The first-order valence-electron chi connectivity index (χ1n) is 7.71. The highest BCUT2D eigenvalue weighted by Crippen LogP contribution is 2.43. The summed E-state index contributed by atoms with van der Waals surface area (Å²) in [6.45, 7) is 0. The summed E-state index contributed by atoms with van der Waals surface area (Å²) in [6.07, 6.45) is 0.0430. The molecule has 2 aromatic carbocycles. The van der Waals surface area contributed by atoms with Gasteiger partial charge in [0.15, 0.2) is 12.0 Å². The Morgan fingerprint density at radius 3 is 2.72 bits per heavy atom. The van der Waals surface area contributed by atoms with Crippen molar-refractivity contribution >= 4 is 11.4 Å². The lowest BCUT2D eigenvalue weighted by Crippen LogP contribution is -2.32. The first-order chi connectivity index (χ1) is 12.1. The highest BCUT2D eigenvalue weighted by atomic mass is 19.1. The van der Waals surface area contributed by atoms with Gasteiger partial charge in [-0.1, -0.05) is 12.1 Å². The summed E-state index contributed by atoms with van der Waals surface area (Å²) in [4.78, 5) is 0. The maximum atomic E-state index is 13.0. The fourth-order valence-corrected chi connectivity index (χ4v) is 2.80. The summed E-state index contributed by atoms with van der Waals surface area (Å²) in [5.41, 5.74) is 9.00. The molecular weight excluding hydrogens is 325 g/mol. The Bertz CT molecular complexity index is 910. The van der Waals surface area contributed by atoms with Crippen LogP contribution in [-0.2, 0) is 6.42 Å². The molecule has 2 heterocycles. The van der Waals surface area contributed by atoms with Crippen molar-refractivity contribution in [1.82, 2.24) is 10.2 Å². The normalized spacial score (nSPS) is 15.4. The van der Waals surface area contributed by atoms with E-state index in [0.29, 0.717) is 29.5 Å². The number of rotatable bonds is 4. The van der Waals surface area contributed by atoms with E-state index in [9.17, 15) is 4.39 Å². The largest absolute Gasteiger partial charge is 0.494 e. The van der Waals surface area contributed by atoms with Crippen molar-refractivity contribution in [2.45, 2.75) is 12.7 Å². The molecule has 0 radical (unpaired) electrons. The number of hydrogen-bond donors (Lipinski definition) is 3. The van der Waals surface area contributed by atoms with Gasteiger partial charge in [0.1, 0.15) is 11.5 Å². The van der Waals surface area contributed by atoms with Crippen LogP contribution in [-0.4, -0.2) is 23.6 Å². The van der Waals surface area contributed by atoms with E-state index in [1.54, 1.807) is 19.2 Å². The lowest BCUT2D eigenvalue weighted by atomic mass is 10.1. The standard InChI is InChI=1S/C17H16FN5O2/c1-24-15-11(6-7-12-14(15)21-17(19)20-12)16-23-22-13(25-16)8-9-2-4-10(18)5-3-9/h2-7,17,20-21H,8,19H2,1H3. The summed E-state index contributed by atoms with van der Waals surface area (Å²) >= 11 is 0. The van der Waals surface area contributed by atoms with Gasteiger partial charge in [0.25, 0.3) is 5.89 Å². The summed E-state index contributed by atoms with van der Waals surface area (Å²) in [5, 5.41) is 14.3. The molecular formula is C17H16FN5O2. The molecule has 8 heteroatoms. The number of ether oxygens (including phenoxy) is 1. The minimum Gasteiger partial charge on any atom is -0.494 e. The minimum absolute atomic E-state index is 0.280. The van der Waals surface area contributed by atoms with Gasteiger partial charge >= 0.3 is 0 Å². The third kappa shape index (κ3) is 2.87. The van der Waals surface area contributed by atoms with E-state index in [0.717, 1.165) is 16.9 Å². The quantitative estimate of drug-likeness (QED) is 0.671. The number of halogens is 1. The number of nitrogens with zero attached hydrogens (tertiary/aromatic N) is 2. The van der Waals surface area contributed by atoms with Crippen LogP contribution in [0.5, 0.6) is 5.75 Å². The Morgan fingerprint density at radius 2 is 1.96 bits per heavy atom. The minimum atomic E-state index is -0.379. The molecule has 4 N–H and O–H groups in total. The molecule has 0 bridgehead atoms. The average Bonchev–Trinajstić information content (AvgIpc) is 3.21. The van der Waals surface area contributed by atoms with Gasteiger partial charge in [-0.2, -0.15) is 0 Å². The zero-order chi connectivity index (χ0) is 17.4. The van der Waals surface area contributed by atoms with Crippen LogP contribution in [0, 0.1) is 5.82 Å². The summed E-state index contributed by atoms with van der Waals surface area (Å²) < 4.78 is 24.2. The van der Waals surface area contributed by atoms with Gasteiger partial charge in [-0.05, 0) is 29.8 Å². The van der Waals surface area contributed by atoms with Gasteiger partial charge in [0, 0.05) is 0 Å². The van der Waals surface area contributed by atoms with Crippen LogP contribution in [0.3, 0.4) is 0 Å². The van der Waals surface area contributed by atoms with Gasteiger partial charge in [-0.15, -0.1) is 10.2 Å². The van der Waals surface area contributed by atoms with Gasteiger partial charge in [-0.3, -0.25) is 5.73 Å². The fourth-order valence-electron chi connectivity index (χ4n) is 2.80. The predicted octanol–water partition coefficient (Wildman–Crippen LogP) is 2.55. The zero-order valence-corrected chi connectivity index (χ0v) is 13.4. The Morgan fingerprint density at radius 1 is 1.16 bits per heavy atom. The number of nitrogens with two attached hydrogens (primary N) is 1. The van der Waals surface area contributed by atoms with Gasteiger partial charge in [0.05, 0.1) is 24.8 Å². The number of fused-ring (bicyclic) bond motifs is 1. The molecule has 0 aliphatic carbocycles. The molecule has 7 nitrogen and oxygen atoms in total. The molecule has 1 aliphatic heterocycles. The number of hydrogen-bond acceptors (Lipinski definition) is 7. The van der Waals surface area contributed by atoms with Crippen LogP contribution in [0.15, 0.2) is 40.8 Å². The second-order valence-electron chi connectivity index (χ2n) is 5.64. The second kappa shape index (κ2) is 6.06. The van der Waals surface area contributed by atoms with Crippen LogP contribution in [0.2, 0.25) is 0 Å². The highest BCUT2D eigenvalue weighted by Gasteiger charge is 2.25. The van der Waals surface area contributed by atoms with E-state index < -0.39 is 0 Å². The number of benzene rings is 2. The third-order valence-corrected chi connectivity index (χ3v) is 3.94. The summed E-state index contributed by atoms with van der Waals surface area (Å²) in [7, 11) is 1.57. The van der Waals surface area contributed by atoms with Crippen LogP contribution >= 0.6 is 0 Å². The second-order valence-corrected chi connectivity index (χ2v) is 5.64. The van der Waals surface area contributed by atoms with Crippen molar-refractivity contribution < 1.29 is 13.5 Å². The van der Waals surface area contributed by atoms with Crippen molar-refractivity contribution in [3.63, 3.8) is 0 Å². The lowest BCUT2D eigenvalue weighted by Gasteiger charge is -2.10. The Labute approximate surface area is 143 Å². The molecule has 1 aromatic heterocycles. The van der Waals surface area contributed by atoms with Crippen LogP contribution in [0.25, 0.3) is 11.5 Å². The van der Waals surface area contributed by atoms with Crippen molar-refractivity contribution in [2.75, 3.05) is 17.7 Å². The molecule has 0 fully saturated rings. The van der Waals surface area contributed by atoms with E-state index in [1.807, 2.05) is 12.1 Å². The molecule has 0 amide bonds. The molecule has 25 heavy (non-hydrogen) atoms. The molecule has 0 saturated heterocycles. The van der Waals surface area contributed by atoms with Gasteiger partial charge < -0.3 is 19.8 Å². The number of aromatic nitrogens is 2. The summed E-state index contributed by atoms with van der Waals surface area (Å²) in [5.74, 6) is 1.08. The Hall–Kier alpha value is -3.13. The smallest absolute Gasteiger partial charge is 0.251 e. The predicted molar refractivity (Wildman–Crippen MR) is 90.7 cm³/mol. The van der Waals surface area contributed by atoms with Crippen LogP contribution < -0.4 is 21.1 Å². The topological polar surface area (TPSA) is 98.2 Å². The van der Waals surface area contributed by atoms with E-state index in [4.69, 9.17) is 14.9 Å². The van der Waals surface area contributed by atoms with Gasteiger partial charge in [0.2, 0.25) is 5.89 Å². The van der Waals surface area contributed by atoms with Crippen molar-refractivity contribution in [3.05, 3.63) is 53.7 Å². The first kappa shape index (κ1) is 15.4. The highest BCUT2D eigenvalue weighted by molar-refractivity contribution is 5.87. The van der Waals surface area contributed by atoms with Gasteiger partial charge in [-0.25, -0.2) is 4.39 Å². The van der Waals surface area contributed by atoms with Crippen molar-refractivity contribution in [3.8, 4) is 17.2 Å². The molecule has 1 unspecified atom stereocenters. The SMILES string of the molecule is COc1c(-c2nnc(Cc3ccc(F)cc3)o2)ccc2c1NC(N)N2. The third-order valence-electron chi connectivity index (χ3n) is 3.94. The monoisotopic (exact) mass is 341 g/mol. The fraction of sp³-hybridized carbons (Fsp3) is 0.176. The average molecular weight is 341 g/mol. The zero-order valence-electron chi connectivity index (χ0n) is 13.4. The van der Waals surface area contributed by atoms with E-state index in [2.05, 4.69) is 20.8 Å². The van der Waals surface area contributed by atoms with Crippen molar-refractivity contribution in [1.29, 1.82) is 0 Å². The van der Waals surface area contributed by atoms with Crippen LogP contribution in [0.4, 0.5) is 15.8 Å². The lowest BCUT2D eigenvalue weighted by molar-refractivity contribution is 0.415. The molecule has 1 aliphatic rings. The van der Waals surface area contributed by atoms with E-state index in [1.165, 1.54) is 12.1 Å². The molecule has 0 spiro atoms. The first-order valence-corrected chi connectivity index (χ1v) is 7.71. The van der Waals surface area contributed by atoms with E-state index >= 15 is 0 Å². The molecule has 0 saturated carbocycles. The molecule has 4 rings (SSSR count). The van der Waals surface area contributed by atoms with Crippen molar-refractivity contribution in [2.24, 2.45) is 5.73 Å². The number of anilines is 2. The molecule has 1 atom stereocenters. The molecule has 128 valence electrons. The number of methoxy groups -OCH3 is 1. The Kier molecular flexibility index (Phi) is 3.73. The Balaban J connectivity index is 1.64. The maximum absolute atomic E-state index is 13.0. The van der Waals surface area contributed by atoms with Crippen LogP contribution in [0.1, 0.15) is 11.5 Å². The molecule has 3 aromatic rings. The number of nitrogens with one attached hydrogen (secondary N) is 2.